The number of ether oxygens (including phenoxy) is 1. The number of carbonyl (C=O) groups excluding carboxylic acids is 1. The average Bonchev–Trinajstić information content (AvgIpc) is 3.10. The smallest absolute Gasteiger partial charge is 0.381 e. The van der Waals surface area contributed by atoms with Crippen molar-refractivity contribution in [2.24, 2.45) is 0 Å². The predicted octanol–water partition coefficient (Wildman–Crippen LogP) is 5.00. The van der Waals surface area contributed by atoms with Crippen molar-refractivity contribution in [3.05, 3.63) is 59.7 Å². The molecule has 146 valence electrons. The number of thiazole rings is 1. The SMILES string of the molecule is O=C(Nc1nc2c(C(F)(F)F)cccc2s1)C1(c2ccccc2)CCOCC1. The van der Waals surface area contributed by atoms with E-state index in [0.29, 0.717) is 30.8 Å². The van der Waals surface area contributed by atoms with Crippen LogP contribution in [-0.2, 0) is 21.1 Å². The van der Waals surface area contributed by atoms with Crippen LogP contribution in [0.5, 0.6) is 0 Å². The quantitative estimate of drug-likeness (QED) is 0.666. The number of carbonyl (C=O) groups is 1. The van der Waals surface area contributed by atoms with Crippen molar-refractivity contribution >= 4 is 32.6 Å². The monoisotopic (exact) mass is 406 g/mol. The molecule has 1 aromatic heterocycles. The number of alkyl halides is 3. The Morgan fingerprint density at radius 1 is 1.07 bits per heavy atom. The third-order valence-corrected chi connectivity index (χ3v) is 5.99. The van der Waals surface area contributed by atoms with Crippen molar-refractivity contribution < 1.29 is 22.7 Å². The van der Waals surface area contributed by atoms with Gasteiger partial charge in [0.15, 0.2) is 5.13 Å². The Balaban J connectivity index is 1.69. The molecule has 1 amide bonds. The van der Waals surface area contributed by atoms with Gasteiger partial charge in [0, 0.05) is 13.2 Å². The van der Waals surface area contributed by atoms with E-state index in [9.17, 15) is 18.0 Å². The first-order chi connectivity index (χ1) is 13.4. The van der Waals surface area contributed by atoms with Crippen LogP contribution in [0.25, 0.3) is 10.2 Å². The fourth-order valence-electron chi connectivity index (χ4n) is 3.57. The zero-order valence-corrected chi connectivity index (χ0v) is 15.6. The number of benzene rings is 2. The van der Waals surface area contributed by atoms with Gasteiger partial charge < -0.3 is 10.1 Å². The Bertz CT molecular complexity index is 996. The summed E-state index contributed by atoms with van der Waals surface area (Å²) in [6.07, 6.45) is -3.50. The van der Waals surface area contributed by atoms with Gasteiger partial charge in [-0.25, -0.2) is 4.98 Å². The van der Waals surface area contributed by atoms with Crippen LogP contribution >= 0.6 is 11.3 Å². The van der Waals surface area contributed by atoms with Gasteiger partial charge in [-0.2, -0.15) is 13.2 Å². The van der Waals surface area contributed by atoms with Crippen molar-refractivity contribution in [1.29, 1.82) is 0 Å². The van der Waals surface area contributed by atoms with E-state index >= 15 is 0 Å². The van der Waals surface area contributed by atoms with E-state index in [4.69, 9.17) is 4.74 Å². The normalized spacial score (nSPS) is 16.8. The van der Waals surface area contributed by atoms with E-state index in [-0.39, 0.29) is 16.6 Å². The molecule has 8 heteroatoms. The number of hydrogen-bond donors (Lipinski definition) is 1. The summed E-state index contributed by atoms with van der Waals surface area (Å²) in [5.41, 5.74) is -0.862. The molecular weight excluding hydrogens is 389 g/mol. The number of hydrogen-bond acceptors (Lipinski definition) is 4. The number of amides is 1. The second kappa shape index (κ2) is 7.18. The van der Waals surface area contributed by atoms with Crippen LogP contribution in [0.4, 0.5) is 18.3 Å². The van der Waals surface area contributed by atoms with Crippen LogP contribution in [0.1, 0.15) is 24.0 Å². The highest BCUT2D eigenvalue weighted by atomic mass is 32.1. The lowest BCUT2D eigenvalue weighted by Crippen LogP contribution is -2.44. The molecule has 2 aromatic carbocycles. The van der Waals surface area contributed by atoms with Gasteiger partial charge in [-0.1, -0.05) is 47.7 Å². The van der Waals surface area contributed by atoms with Gasteiger partial charge in [0.1, 0.15) is 0 Å². The largest absolute Gasteiger partial charge is 0.418 e. The summed E-state index contributed by atoms with van der Waals surface area (Å²) in [5.74, 6) is -0.269. The highest BCUT2D eigenvalue weighted by Gasteiger charge is 2.42. The molecule has 0 aliphatic carbocycles. The highest BCUT2D eigenvalue weighted by molar-refractivity contribution is 7.22. The number of rotatable bonds is 3. The Hall–Kier alpha value is -2.45. The third-order valence-electron chi connectivity index (χ3n) is 5.05. The molecule has 3 aromatic rings. The van der Waals surface area contributed by atoms with Gasteiger partial charge in [0.2, 0.25) is 5.91 Å². The maximum Gasteiger partial charge on any atom is 0.418 e. The van der Waals surface area contributed by atoms with E-state index in [1.54, 1.807) is 6.07 Å². The number of para-hydroxylation sites is 1. The van der Waals surface area contributed by atoms with Gasteiger partial charge in [-0.3, -0.25) is 4.79 Å². The summed E-state index contributed by atoms with van der Waals surface area (Å²) < 4.78 is 45.5. The zero-order valence-electron chi connectivity index (χ0n) is 14.8. The van der Waals surface area contributed by atoms with Crippen molar-refractivity contribution in [3.8, 4) is 0 Å². The maximum atomic E-state index is 13.2. The summed E-state index contributed by atoms with van der Waals surface area (Å²) in [7, 11) is 0. The number of anilines is 1. The minimum absolute atomic E-state index is 0.143. The lowest BCUT2D eigenvalue weighted by Gasteiger charge is -2.35. The molecule has 0 unspecified atom stereocenters. The molecular formula is C20H17F3N2O2S. The average molecular weight is 406 g/mol. The summed E-state index contributed by atoms with van der Waals surface area (Å²) in [5, 5.41) is 2.93. The molecule has 0 bridgehead atoms. The molecule has 0 spiro atoms. The molecule has 0 radical (unpaired) electrons. The number of nitrogens with zero attached hydrogens (tertiary/aromatic N) is 1. The van der Waals surface area contributed by atoms with Gasteiger partial charge >= 0.3 is 6.18 Å². The first-order valence-electron chi connectivity index (χ1n) is 8.82. The fourth-order valence-corrected chi connectivity index (χ4v) is 4.46. The van der Waals surface area contributed by atoms with Crippen LogP contribution in [-0.4, -0.2) is 24.1 Å². The van der Waals surface area contributed by atoms with Crippen LogP contribution in [0.2, 0.25) is 0 Å². The minimum atomic E-state index is -4.50. The molecule has 1 aliphatic rings. The molecule has 0 saturated carbocycles. The van der Waals surface area contributed by atoms with E-state index in [0.717, 1.165) is 23.0 Å². The Kier molecular flexibility index (Phi) is 4.84. The van der Waals surface area contributed by atoms with Crippen LogP contribution in [0, 0.1) is 0 Å². The van der Waals surface area contributed by atoms with E-state index < -0.39 is 17.2 Å². The maximum absolute atomic E-state index is 13.2. The van der Waals surface area contributed by atoms with Crippen LogP contribution in [0.3, 0.4) is 0 Å². The summed E-state index contributed by atoms with van der Waals surface area (Å²) in [6, 6.07) is 13.3. The molecule has 28 heavy (non-hydrogen) atoms. The van der Waals surface area contributed by atoms with Crippen LogP contribution < -0.4 is 5.32 Å². The van der Waals surface area contributed by atoms with E-state index in [1.807, 2.05) is 30.3 Å². The van der Waals surface area contributed by atoms with Gasteiger partial charge in [-0.05, 0) is 30.5 Å². The highest BCUT2D eigenvalue weighted by Crippen LogP contribution is 2.39. The van der Waals surface area contributed by atoms with E-state index in [1.165, 1.54) is 6.07 Å². The molecule has 4 rings (SSSR count). The van der Waals surface area contributed by atoms with Gasteiger partial charge in [-0.15, -0.1) is 0 Å². The molecule has 1 aliphatic heterocycles. The second-order valence-corrected chi connectivity index (χ2v) is 7.71. The van der Waals surface area contributed by atoms with Gasteiger partial charge in [0.05, 0.1) is 21.2 Å². The molecule has 0 atom stereocenters. The Labute approximate surface area is 163 Å². The molecule has 1 N–H and O–H groups in total. The summed E-state index contributed by atoms with van der Waals surface area (Å²) in [4.78, 5) is 17.3. The molecule has 4 nitrogen and oxygen atoms in total. The number of aromatic nitrogens is 1. The van der Waals surface area contributed by atoms with Gasteiger partial charge in [0.25, 0.3) is 0 Å². The number of halogens is 3. The molecule has 1 fully saturated rings. The van der Waals surface area contributed by atoms with Crippen molar-refractivity contribution in [1.82, 2.24) is 4.98 Å². The first kappa shape index (κ1) is 18.9. The van der Waals surface area contributed by atoms with Crippen molar-refractivity contribution in [2.75, 3.05) is 18.5 Å². The second-order valence-electron chi connectivity index (χ2n) is 6.68. The fraction of sp³-hybridized carbons (Fsp3) is 0.300. The van der Waals surface area contributed by atoms with E-state index in [2.05, 4.69) is 10.3 Å². The topological polar surface area (TPSA) is 51.2 Å². The zero-order chi connectivity index (χ0) is 19.8. The summed E-state index contributed by atoms with van der Waals surface area (Å²) in [6.45, 7) is 0.890. The third kappa shape index (κ3) is 3.38. The lowest BCUT2D eigenvalue weighted by atomic mass is 9.73. The predicted molar refractivity (Wildman–Crippen MR) is 101 cm³/mol. The first-order valence-corrected chi connectivity index (χ1v) is 9.63. The van der Waals surface area contributed by atoms with Crippen molar-refractivity contribution in [3.63, 3.8) is 0 Å². The van der Waals surface area contributed by atoms with Crippen molar-refractivity contribution in [2.45, 2.75) is 24.4 Å². The number of nitrogens with one attached hydrogen (secondary N) is 1. The standard InChI is InChI=1S/C20H17F3N2O2S/c21-20(22,23)14-7-4-8-15-16(14)24-18(28-15)25-17(26)19(9-11-27-12-10-19)13-5-2-1-3-6-13/h1-8H,9-12H2,(H,24,25,26). The minimum Gasteiger partial charge on any atom is -0.381 e. The molecule has 2 heterocycles. The lowest BCUT2D eigenvalue weighted by molar-refractivity contribution is -0.136. The number of fused-ring (bicyclic) bond motifs is 1. The van der Waals surface area contributed by atoms with Crippen LogP contribution in [0.15, 0.2) is 48.5 Å². The Morgan fingerprint density at radius 3 is 2.46 bits per heavy atom. The molecule has 1 saturated heterocycles. The Morgan fingerprint density at radius 2 is 1.79 bits per heavy atom. The summed E-state index contributed by atoms with van der Waals surface area (Å²) >= 11 is 1.04.